The third-order valence-electron chi connectivity index (χ3n) is 13.9. The second-order valence-electron chi connectivity index (χ2n) is 19.3. The second-order valence-corrected chi connectivity index (χ2v) is 19.3. The molecule has 6 aromatic rings. The number of nitrogens with one attached hydrogen (secondary N) is 3. The molecule has 15 nitrogen and oxygen atoms in total. The van der Waals surface area contributed by atoms with Gasteiger partial charge in [0, 0.05) is 99.0 Å². The Morgan fingerprint density at radius 2 is 1.61 bits per heavy atom. The average molecular weight is 889 g/mol. The van der Waals surface area contributed by atoms with Crippen molar-refractivity contribution in [1.82, 2.24) is 45.7 Å². The number of hydrogen-bond donors (Lipinski definition) is 3. The Morgan fingerprint density at radius 1 is 0.848 bits per heavy atom. The molecule has 340 valence electrons. The van der Waals surface area contributed by atoms with Crippen molar-refractivity contribution in [3.05, 3.63) is 118 Å². The normalized spacial score (nSPS) is 18.8. The van der Waals surface area contributed by atoms with Crippen LogP contribution < -0.4 is 15.5 Å². The van der Waals surface area contributed by atoms with Crippen molar-refractivity contribution in [3.8, 4) is 22.4 Å². The maximum Gasteiger partial charge on any atom is 0.315 e. The van der Waals surface area contributed by atoms with Crippen molar-refractivity contribution in [2.45, 2.75) is 90.5 Å². The fraction of sp³-hybridized carbons (Fsp3) is 0.392. The Bertz CT molecular complexity index is 2830. The summed E-state index contributed by atoms with van der Waals surface area (Å²) in [5.41, 5.74) is 10.9. The van der Waals surface area contributed by atoms with Crippen LogP contribution in [0.1, 0.15) is 95.6 Å². The summed E-state index contributed by atoms with van der Waals surface area (Å²) in [5, 5.41) is 18.2. The average Bonchev–Trinajstić information content (AvgIpc) is 4.07. The van der Waals surface area contributed by atoms with Gasteiger partial charge in [0.15, 0.2) is 5.82 Å². The molecule has 4 aliphatic heterocycles. The van der Waals surface area contributed by atoms with Gasteiger partial charge in [-0.2, -0.15) is 10.1 Å². The topological polar surface area (TPSA) is 173 Å². The minimum Gasteiger partial charge on any atom is -0.371 e. The Hall–Kier alpha value is -6.71. The highest BCUT2D eigenvalue weighted by atomic mass is 16.5. The molecule has 3 N–H and O–H groups in total. The Kier molecular flexibility index (Phi) is 11.5. The predicted molar refractivity (Wildman–Crippen MR) is 250 cm³/mol. The Balaban J connectivity index is 0.706. The van der Waals surface area contributed by atoms with Gasteiger partial charge in [-0.15, -0.1) is 0 Å². The van der Waals surface area contributed by atoms with Crippen LogP contribution in [0.2, 0.25) is 0 Å². The summed E-state index contributed by atoms with van der Waals surface area (Å²) in [6.45, 7) is 15.7. The number of carbonyl (C=O) groups is 4. The number of benzene rings is 4. The molecule has 4 aromatic carbocycles. The van der Waals surface area contributed by atoms with Gasteiger partial charge in [-0.1, -0.05) is 68.4 Å². The predicted octanol–water partition coefficient (Wildman–Crippen LogP) is 6.36. The fourth-order valence-electron chi connectivity index (χ4n) is 9.95. The number of aryl methyl sites for hydroxylation is 1. The van der Waals surface area contributed by atoms with E-state index in [-0.39, 0.29) is 35.4 Å². The van der Waals surface area contributed by atoms with Crippen molar-refractivity contribution >= 4 is 40.2 Å². The molecule has 0 saturated carbocycles. The van der Waals surface area contributed by atoms with Crippen molar-refractivity contribution in [1.29, 1.82) is 0 Å². The zero-order chi connectivity index (χ0) is 45.7. The summed E-state index contributed by atoms with van der Waals surface area (Å²) >= 11 is 0. The van der Waals surface area contributed by atoms with E-state index >= 15 is 0 Å². The molecule has 0 aliphatic carbocycles. The molecular weight excluding hydrogens is 833 g/mol. The highest BCUT2D eigenvalue weighted by Gasteiger charge is 2.39. The Morgan fingerprint density at radius 3 is 2.33 bits per heavy atom. The van der Waals surface area contributed by atoms with Crippen LogP contribution in [0.25, 0.3) is 33.3 Å². The molecule has 2 aromatic heterocycles. The number of piperidine rings is 2. The van der Waals surface area contributed by atoms with Gasteiger partial charge in [-0.05, 0) is 96.0 Å². The van der Waals surface area contributed by atoms with Crippen LogP contribution in [0, 0.1) is 6.92 Å². The van der Waals surface area contributed by atoms with E-state index in [0.717, 1.165) is 109 Å². The number of piperazine rings is 1. The summed E-state index contributed by atoms with van der Waals surface area (Å²) in [6.07, 6.45) is 2.90. The standard InChI is InChI=1S/C51H56N10O5/c1-31-25-35(6-7-36(31)28-52-47(64)48-54-50(57-66-48)51(2,3)4)45-41-27-34(10-14-42(41)55-56-45)33-8-11-38(12-9-33)59-19-17-39(18-20-59)60-23-21-58(22-24-60)29-32-5-13-40-37(26-32)30-61(49(40)65)43-15-16-44(62)53-46(43)63/h5-14,25-27,39,43H,15-24,28-30H2,1-4H3,(H,52,64)(H,55,56)(H,53,62,63). The third kappa shape index (κ3) is 8.72. The van der Waals surface area contributed by atoms with Gasteiger partial charge in [0.25, 0.3) is 5.91 Å². The van der Waals surface area contributed by atoms with Gasteiger partial charge in [0.1, 0.15) is 6.04 Å². The summed E-state index contributed by atoms with van der Waals surface area (Å²) < 4.78 is 5.21. The van der Waals surface area contributed by atoms with Gasteiger partial charge in [0.05, 0.1) is 11.2 Å². The van der Waals surface area contributed by atoms with E-state index in [0.29, 0.717) is 36.9 Å². The number of aromatic amines is 1. The number of fused-ring (bicyclic) bond motifs is 2. The molecule has 66 heavy (non-hydrogen) atoms. The molecule has 1 atom stereocenters. The first-order chi connectivity index (χ1) is 31.8. The maximum absolute atomic E-state index is 13.2. The minimum atomic E-state index is -0.593. The molecule has 15 heteroatoms. The van der Waals surface area contributed by atoms with Gasteiger partial charge in [-0.25, -0.2) is 0 Å². The van der Waals surface area contributed by atoms with Crippen molar-refractivity contribution in [2.24, 2.45) is 0 Å². The van der Waals surface area contributed by atoms with Crippen LogP contribution in [-0.2, 0) is 34.6 Å². The highest BCUT2D eigenvalue weighted by Crippen LogP contribution is 2.34. The number of carbonyl (C=O) groups excluding carboxylic acids is 4. The minimum absolute atomic E-state index is 0.0397. The van der Waals surface area contributed by atoms with Crippen LogP contribution in [-0.4, -0.2) is 110 Å². The quantitative estimate of drug-likeness (QED) is 0.131. The number of imide groups is 1. The van der Waals surface area contributed by atoms with E-state index in [1.165, 1.54) is 11.3 Å². The number of rotatable bonds is 10. The number of aromatic nitrogens is 4. The van der Waals surface area contributed by atoms with E-state index in [1.807, 2.05) is 52.0 Å². The molecule has 10 rings (SSSR count). The number of anilines is 1. The van der Waals surface area contributed by atoms with E-state index < -0.39 is 11.9 Å². The summed E-state index contributed by atoms with van der Waals surface area (Å²) in [5.74, 6) is -0.725. The van der Waals surface area contributed by atoms with Crippen molar-refractivity contribution in [2.75, 3.05) is 44.2 Å². The number of H-pyrrole nitrogens is 1. The number of nitrogens with zero attached hydrogens (tertiary/aromatic N) is 7. The summed E-state index contributed by atoms with van der Waals surface area (Å²) in [4.78, 5) is 63.6. The summed E-state index contributed by atoms with van der Waals surface area (Å²) in [6, 6.07) is 27.6. The van der Waals surface area contributed by atoms with Crippen LogP contribution in [0.3, 0.4) is 0 Å². The summed E-state index contributed by atoms with van der Waals surface area (Å²) in [7, 11) is 0. The van der Waals surface area contributed by atoms with Crippen LogP contribution in [0.15, 0.2) is 83.4 Å². The molecule has 0 bridgehead atoms. The molecule has 0 radical (unpaired) electrons. The maximum atomic E-state index is 13.2. The highest BCUT2D eigenvalue weighted by molar-refractivity contribution is 6.05. The number of hydrogen-bond acceptors (Lipinski definition) is 11. The Labute approximate surface area is 383 Å². The zero-order valence-corrected chi connectivity index (χ0v) is 38.0. The SMILES string of the molecule is Cc1cc(-c2n[nH]c3ccc(-c4ccc(N5CCC(N6CCN(Cc7ccc8c(c7)CN(C7CCC(=O)NC7=O)C8=O)CC6)CC5)cc4)cc23)ccc1CNC(=O)c1nc(C(C)(C)C)no1. The smallest absolute Gasteiger partial charge is 0.315 e. The molecule has 3 saturated heterocycles. The van der Waals surface area contributed by atoms with Gasteiger partial charge in [0.2, 0.25) is 11.8 Å². The van der Waals surface area contributed by atoms with Gasteiger partial charge in [-0.3, -0.25) is 39.4 Å². The first-order valence-corrected chi connectivity index (χ1v) is 23.1. The zero-order valence-electron chi connectivity index (χ0n) is 38.0. The van der Waals surface area contributed by atoms with Crippen LogP contribution >= 0.6 is 0 Å². The van der Waals surface area contributed by atoms with E-state index in [2.05, 4.69) is 95.2 Å². The molecule has 3 fully saturated rings. The van der Waals surface area contributed by atoms with Gasteiger partial charge >= 0.3 is 11.8 Å². The molecular formula is C51H56N10O5. The lowest BCUT2D eigenvalue weighted by molar-refractivity contribution is -0.136. The molecule has 6 heterocycles. The van der Waals surface area contributed by atoms with Crippen LogP contribution in [0.4, 0.5) is 5.69 Å². The van der Waals surface area contributed by atoms with E-state index in [4.69, 9.17) is 9.62 Å². The van der Waals surface area contributed by atoms with Crippen molar-refractivity contribution < 1.29 is 23.7 Å². The third-order valence-corrected chi connectivity index (χ3v) is 13.9. The molecule has 4 aliphatic rings. The molecule has 4 amide bonds. The van der Waals surface area contributed by atoms with E-state index in [9.17, 15) is 19.2 Å². The number of amides is 4. The first kappa shape index (κ1) is 43.2. The lowest BCUT2D eigenvalue weighted by atomic mass is 9.96. The molecule has 1 unspecified atom stereocenters. The lowest BCUT2D eigenvalue weighted by Crippen LogP contribution is -2.53. The van der Waals surface area contributed by atoms with Crippen LogP contribution in [0.5, 0.6) is 0 Å². The lowest BCUT2D eigenvalue weighted by Gasteiger charge is -2.43. The van der Waals surface area contributed by atoms with E-state index in [1.54, 1.807) is 4.90 Å². The van der Waals surface area contributed by atoms with Crippen molar-refractivity contribution in [3.63, 3.8) is 0 Å². The fourth-order valence-corrected chi connectivity index (χ4v) is 9.95. The van der Waals surface area contributed by atoms with Gasteiger partial charge < -0.3 is 19.6 Å². The largest absolute Gasteiger partial charge is 0.371 e. The monoisotopic (exact) mass is 888 g/mol. The first-order valence-electron chi connectivity index (χ1n) is 23.1. The second kappa shape index (κ2) is 17.6. The molecule has 0 spiro atoms.